The van der Waals surface area contributed by atoms with Crippen LogP contribution in [0.5, 0.6) is 0 Å². The van der Waals surface area contributed by atoms with E-state index in [1.807, 2.05) is 42.2 Å². The summed E-state index contributed by atoms with van der Waals surface area (Å²) in [6, 6.07) is 14.7. The molecule has 2 aromatic carbocycles. The number of fused-ring (bicyclic) bond motifs is 1. The normalized spacial score (nSPS) is 17.6. The monoisotopic (exact) mass is 337 g/mol. The highest BCUT2D eigenvalue weighted by Crippen LogP contribution is 2.31. The molecule has 128 valence electrons. The van der Waals surface area contributed by atoms with Gasteiger partial charge < -0.3 is 9.47 Å². The van der Waals surface area contributed by atoms with Gasteiger partial charge in [-0.2, -0.15) is 0 Å². The van der Waals surface area contributed by atoms with Gasteiger partial charge in [-0.25, -0.2) is 9.37 Å². The zero-order chi connectivity index (χ0) is 17.4. The number of carbonyl (C=O) groups is 1. The fourth-order valence-corrected chi connectivity index (χ4v) is 3.62. The second-order valence-corrected chi connectivity index (χ2v) is 6.47. The minimum atomic E-state index is -0.219. The number of amides is 1. The van der Waals surface area contributed by atoms with Crippen LogP contribution in [0.3, 0.4) is 0 Å². The summed E-state index contributed by atoms with van der Waals surface area (Å²) < 4.78 is 16.2. The molecule has 0 spiro atoms. The number of rotatable bonds is 4. The van der Waals surface area contributed by atoms with Crippen molar-refractivity contribution in [2.75, 3.05) is 13.1 Å². The number of likely N-dealkylation sites (tertiary alicyclic amines) is 1. The van der Waals surface area contributed by atoms with E-state index in [-0.39, 0.29) is 17.6 Å². The Kier molecular flexibility index (Phi) is 3.99. The van der Waals surface area contributed by atoms with Gasteiger partial charge in [0.05, 0.1) is 17.6 Å². The Morgan fingerprint density at radius 1 is 1.16 bits per heavy atom. The Morgan fingerprint density at radius 2 is 1.92 bits per heavy atom. The van der Waals surface area contributed by atoms with Crippen molar-refractivity contribution < 1.29 is 9.18 Å². The molecular formula is C20H20FN3O. The van der Waals surface area contributed by atoms with E-state index < -0.39 is 0 Å². The average molecular weight is 337 g/mol. The zero-order valence-corrected chi connectivity index (χ0v) is 14.2. The van der Waals surface area contributed by atoms with Gasteiger partial charge in [0.15, 0.2) is 0 Å². The van der Waals surface area contributed by atoms with Crippen molar-refractivity contribution >= 4 is 16.9 Å². The molecule has 1 aromatic heterocycles. The molecular weight excluding hydrogens is 317 g/mol. The van der Waals surface area contributed by atoms with Gasteiger partial charge >= 0.3 is 0 Å². The third-order valence-corrected chi connectivity index (χ3v) is 4.93. The first-order valence-corrected chi connectivity index (χ1v) is 8.63. The molecule has 1 aliphatic heterocycles. The third-order valence-electron chi connectivity index (χ3n) is 4.93. The Bertz CT molecular complexity index is 934. The van der Waals surface area contributed by atoms with E-state index in [0.717, 1.165) is 16.9 Å². The van der Waals surface area contributed by atoms with Gasteiger partial charge in [-0.05, 0) is 25.1 Å². The number of imidazole rings is 1. The lowest BCUT2D eigenvalue weighted by atomic mass is 10.1. The highest BCUT2D eigenvalue weighted by molar-refractivity contribution is 5.80. The number of likely N-dealkylation sites (N-methyl/N-ethyl adjacent to an activating group) is 1. The lowest BCUT2D eigenvalue weighted by Gasteiger charge is -2.15. The van der Waals surface area contributed by atoms with E-state index in [1.165, 1.54) is 6.07 Å². The van der Waals surface area contributed by atoms with Crippen LogP contribution in [-0.4, -0.2) is 33.4 Å². The minimum absolute atomic E-state index is 0.0478. The highest BCUT2D eigenvalue weighted by Gasteiger charge is 2.33. The predicted molar refractivity (Wildman–Crippen MR) is 94.8 cm³/mol. The summed E-state index contributed by atoms with van der Waals surface area (Å²) >= 11 is 0. The number of hydrogen-bond acceptors (Lipinski definition) is 2. The predicted octanol–water partition coefficient (Wildman–Crippen LogP) is 3.56. The summed E-state index contributed by atoms with van der Waals surface area (Å²) in [5.74, 6) is 0.862. The van der Waals surface area contributed by atoms with Gasteiger partial charge in [-0.3, -0.25) is 4.79 Å². The molecule has 0 bridgehead atoms. The molecule has 0 unspecified atom stereocenters. The van der Waals surface area contributed by atoms with E-state index in [4.69, 9.17) is 4.98 Å². The van der Waals surface area contributed by atoms with Gasteiger partial charge in [0.2, 0.25) is 5.91 Å². The molecule has 4 rings (SSSR count). The fraction of sp³-hybridized carbons (Fsp3) is 0.300. The second kappa shape index (κ2) is 6.31. The number of nitrogens with zero attached hydrogens (tertiary/aromatic N) is 3. The van der Waals surface area contributed by atoms with Gasteiger partial charge in [0.1, 0.15) is 11.6 Å². The summed E-state index contributed by atoms with van der Waals surface area (Å²) in [6.45, 7) is 3.79. The van der Waals surface area contributed by atoms with E-state index in [9.17, 15) is 9.18 Å². The van der Waals surface area contributed by atoms with Crippen LogP contribution in [0.15, 0.2) is 48.5 Å². The SMILES string of the molecule is CCN1C[C@@H](c2nc3ccccc3n2Cc2ccccc2F)CC1=O. The largest absolute Gasteiger partial charge is 0.342 e. The van der Waals surface area contributed by atoms with Gasteiger partial charge in [0.25, 0.3) is 0 Å². The number of hydrogen-bond donors (Lipinski definition) is 0. The third kappa shape index (κ3) is 2.80. The molecule has 2 heterocycles. The van der Waals surface area contributed by atoms with Crippen molar-refractivity contribution in [2.24, 2.45) is 0 Å². The summed E-state index contributed by atoms with van der Waals surface area (Å²) in [6.07, 6.45) is 0.467. The number of aromatic nitrogens is 2. The molecule has 1 aliphatic rings. The maximum atomic E-state index is 14.2. The smallest absolute Gasteiger partial charge is 0.223 e. The van der Waals surface area contributed by atoms with Crippen LogP contribution < -0.4 is 0 Å². The zero-order valence-electron chi connectivity index (χ0n) is 14.2. The van der Waals surface area contributed by atoms with Crippen molar-refractivity contribution in [1.29, 1.82) is 0 Å². The first-order chi connectivity index (χ1) is 12.2. The lowest BCUT2D eigenvalue weighted by Crippen LogP contribution is -2.24. The van der Waals surface area contributed by atoms with Crippen LogP contribution in [0.2, 0.25) is 0 Å². The van der Waals surface area contributed by atoms with Gasteiger partial charge in [-0.1, -0.05) is 30.3 Å². The molecule has 4 nitrogen and oxygen atoms in total. The Balaban J connectivity index is 1.79. The highest BCUT2D eigenvalue weighted by atomic mass is 19.1. The van der Waals surface area contributed by atoms with Crippen molar-refractivity contribution in [3.8, 4) is 0 Å². The van der Waals surface area contributed by atoms with E-state index in [0.29, 0.717) is 31.6 Å². The number of carbonyl (C=O) groups excluding carboxylic acids is 1. The molecule has 1 amide bonds. The van der Waals surface area contributed by atoms with E-state index in [2.05, 4.69) is 4.57 Å². The summed E-state index contributed by atoms with van der Waals surface area (Å²) in [5.41, 5.74) is 2.49. The van der Waals surface area contributed by atoms with E-state index in [1.54, 1.807) is 12.1 Å². The fourth-order valence-electron chi connectivity index (χ4n) is 3.62. The van der Waals surface area contributed by atoms with Crippen LogP contribution in [-0.2, 0) is 11.3 Å². The van der Waals surface area contributed by atoms with Crippen LogP contribution in [0.1, 0.15) is 30.7 Å². The average Bonchev–Trinajstić information content (AvgIpc) is 3.17. The Hall–Kier alpha value is -2.69. The first-order valence-electron chi connectivity index (χ1n) is 8.63. The van der Waals surface area contributed by atoms with Crippen LogP contribution in [0.4, 0.5) is 4.39 Å². The maximum absolute atomic E-state index is 14.2. The molecule has 0 radical (unpaired) electrons. The summed E-state index contributed by atoms with van der Waals surface area (Å²) in [4.78, 5) is 18.8. The number of para-hydroxylation sites is 2. The van der Waals surface area contributed by atoms with E-state index >= 15 is 0 Å². The maximum Gasteiger partial charge on any atom is 0.223 e. The van der Waals surface area contributed by atoms with Crippen molar-refractivity contribution in [2.45, 2.75) is 25.8 Å². The van der Waals surface area contributed by atoms with Crippen molar-refractivity contribution in [3.05, 3.63) is 65.7 Å². The summed E-state index contributed by atoms with van der Waals surface area (Å²) in [7, 11) is 0. The second-order valence-electron chi connectivity index (χ2n) is 6.47. The molecule has 0 N–H and O–H groups in total. The number of benzene rings is 2. The Morgan fingerprint density at radius 3 is 2.68 bits per heavy atom. The molecule has 25 heavy (non-hydrogen) atoms. The first kappa shape index (κ1) is 15.8. The molecule has 0 aliphatic carbocycles. The molecule has 1 fully saturated rings. The molecule has 1 atom stereocenters. The Labute approximate surface area is 145 Å². The standard InChI is InChI=1S/C20H20FN3O/c1-2-23-12-15(11-19(23)25)20-22-17-9-5-6-10-18(17)24(20)13-14-7-3-4-8-16(14)21/h3-10,15H,2,11-13H2,1H3/t15-/m0/s1. The van der Waals surface area contributed by atoms with Gasteiger partial charge in [0, 0.05) is 31.0 Å². The molecule has 0 saturated carbocycles. The van der Waals surface area contributed by atoms with Crippen molar-refractivity contribution in [3.63, 3.8) is 0 Å². The van der Waals surface area contributed by atoms with Crippen LogP contribution >= 0.6 is 0 Å². The minimum Gasteiger partial charge on any atom is -0.342 e. The quantitative estimate of drug-likeness (QED) is 0.730. The summed E-state index contributed by atoms with van der Waals surface area (Å²) in [5, 5.41) is 0. The van der Waals surface area contributed by atoms with Crippen LogP contribution in [0, 0.1) is 5.82 Å². The van der Waals surface area contributed by atoms with Crippen molar-refractivity contribution in [1.82, 2.24) is 14.5 Å². The van der Waals surface area contributed by atoms with Crippen LogP contribution in [0.25, 0.3) is 11.0 Å². The topological polar surface area (TPSA) is 38.1 Å². The van der Waals surface area contributed by atoms with Gasteiger partial charge in [-0.15, -0.1) is 0 Å². The lowest BCUT2D eigenvalue weighted by molar-refractivity contribution is -0.127. The molecule has 3 aromatic rings. The number of halogens is 1. The molecule has 5 heteroatoms. The molecule has 1 saturated heterocycles.